The highest BCUT2D eigenvalue weighted by Crippen LogP contribution is 2.26. The van der Waals surface area contributed by atoms with Crippen molar-refractivity contribution in [2.24, 2.45) is 5.92 Å². The molecule has 2 aliphatic heterocycles. The number of carbonyl (C=O) groups excluding carboxylic acids is 3. The zero-order valence-corrected chi connectivity index (χ0v) is 17.2. The largest absolute Gasteiger partial charge is 0.326 e. The molecule has 1 saturated heterocycles. The molecule has 0 aliphatic carbocycles. The summed E-state index contributed by atoms with van der Waals surface area (Å²) in [5.74, 6) is -1.79. The third kappa shape index (κ3) is 3.73. The molecular formula is C21H21N3O5S. The summed E-state index contributed by atoms with van der Waals surface area (Å²) in [5.41, 5.74) is 1.84. The van der Waals surface area contributed by atoms with Crippen LogP contribution in [-0.4, -0.2) is 43.5 Å². The lowest BCUT2D eigenvalue weighted by atomic mass is 9.98. The van der Waals surface area contributed by atoms with E-state index in [1.165, 1.54) is 16.4 Å². The zero-order chi connectivity index (χ0) is 21.5. The molecule has 0 spiro atoms. The molecule has 3 amide bonds. The lowest BCUT2D eigenvalue weighted by Crippen LogP contribution is -2.43. The maximum atomic E-state index is 12.9. The Bertz CT molecular complexity index is 1140. The van der Waals surface area contributed by atoms with Gasteiger partial charge in [0.15, 0.2) is 0 Å². The Kier molecular flexibility index (Phi) is 5.17. The molecule has 1 atom stereocenters. The van der Waals surface area contributed by atoms with Crippen LogP contribution in [0.15, 0.2) is 47.4 Å². The fraction of sp³-hybridized carbons (Fsp3) is 0.286. The average Bonchev–Trinajstić information content (AvgIpc) is 3.01. The van der Waals surface area contributed by atoms with Crippen molar-refractivity contribution in [3.05, 3.63) is 59.2 Å². The molecule has 1 fully saturated rings. The van der Waals surface area contributed by atoms with Crippen molar-refractivity contribution in [3.8, 4) is 0 Å². The Morgan fingerprint density at radius 3 is 2.50 bits per heavy atom. The van der Waals surface area contributed by atoms with Gasteiger partial charge in [0.25, 0.3) is 11.8 Å². The summed E-state index contributed by atoms with van der Waals surface area (Å²) in [4.78, 5) is 36.4. The Labute approximate surface area is 174 Å². The van der Waals surface area contributed by atoms with Crippen molar-refractivity contribution in [1.29, 1.82) is 0 Å². The first-order valence-corrected chi connectivity index (χ1v) is 11.1. The van der Waals surface area contributed by atoms with Crippen LogP contribution in [0.3, 0.4) is 0 Å². The zero-order valence-electron chi connectivity index (χ0n) is 16.3. The van der Waals surface area contributed by atoms with Crippen molar-refractivity contribution >= 4 is 33.4 Å². The van der Waals surface area contributed by atoms with Gasteiger partial charge >= 0.3 is 0 Å². The van der Waals surface area contributed by atoms with E-state index in [0.717, 1.165) is 5.56 Å². The van der Waals surface area contributed by atoms with Crippen molar-refractivity contribution < 1.29 is 22.8 Å². The summed E-state index contributed by atoms with van der Waals surface area (Å²) in [7, 11) is -3.68. The first-order valence-electron chi connectivity index (χ1n) is 9.63. The van der Waals surface area contributed by atoms with Crippen LogP contribution >= 0.6 is 0 Å². The van der Waals surface area contributed by atoms with Crippen LogP contribution in [0.1, 0.15) is 39.1 Å². The molecule has 2 heterocycles. The normalized spacial score (nSPS) is 19.3. The van der Waals surface area contributed by atoms with Crippen molar-refractivity contribution in [3.63, 3.8) is 0 Å². The molecule has 2 aliphatic rings. The molecule has 2 N–H and O–H groups in total. The highest BCUT2D eigenvalue weighted by molar-refractivity contribution is 7.89. The number of aryl methyl sites for hydroxylation is 1. The summed E-state index contributed by atoms with van der Waals surface area (Å²) in [5, 5.41) is 4.95. The predicted octanol–water partition coefficient (Wildman–Crippen LogP) is 1.92. The van der Waals surface area contributed by atoms with Crippen molar-refractivity contribution in [1.82, 2.24) is 9.62 Å². The van der Waals surface area contributed by atoms with Gasteiger partial charge in [-0.2, -0.15) is 4.31 Å². The van der Waals surface area contributed by atoms with E-state index in [1.54, 1.807) is 30.3 Å². The van der Waals surface area contributed by atoms with Gasteiger partial charge in [-0.15, -0.1) is 0 Å². The summed E-state index contributed by atoms with van der Waals surface area (Å²) in [6.45, 7) is 2.34. The molecule has 30 heavy (non-hydrogen) atoms. The lowest BCUT2D eigenvalue weighted by molar-refractivity contribution is -0.120. The van der Waals surface area contributed by atoms with E-state index in [0.29, 0.717) is 25.1 Å². The maximum Gasteiger partial charge on any atom is 0.259 e. The van der Waals surface area contributed by atoms with Crippen LogP contribution in [0.4, 0.5) is 5.69 Å². The van der Waals surface area contributed by atoms with E-state index in [9.17, 15) is 22.8 Å². The van der Waals surface area contributed by atoms with Gasteiger partial charge in [-0.1, -0.05) is 17.7 Å². The number of nitrogens with one attached hydrogen (secondary N) is 2. The minimum Gasteiger partial charge on any atom is -0.326 e. The number of carbonyl (C=O) groups is 3. The van der Waals surface area contributed by atoms with Gasteiger partial charge in [0.1, 0.15) is 0 Å². The Hall–Kier alpha value is -3.04. The van der Waals surface area contributed by atoms with E-state index < -0.39 is 27.8 Å². The van der Waals surface area contributed by atoms with Crippen LogP contribution in [-0.2, 0) is 14.8 Å². The van der Waals surface area contributed by atoms with Crippen LogP contribution in [0.25, 0.3) is 0 Å². The second-order valence-corrected chi connectivity index (χ2v) is 9.49. The molecule has 9 heteroatoms. The molecule has 2 aromatic rings. The van der Waals surface area contributed by atoms with Crippen LogP contribution in [0.2, 0.25) is 0 Å². The van der Waals surface area contributed by atoms with E-state index in [2.05, 4.69) is 10.6 Å². The number of imide groups is 1. The van der Waals surface area contributed by atoms with E-state index >= 15 is 0 Å². The summed E-state index contributed by atoms with van der Waals surface area (Å²) >= 11 is 0. The molecule has 0 radical (unpaired) electrons. The molecular weight excluding hydrogens is 406 g/mol. The smallest absolute Gasteiger partial charge is 0.259 e. The molecule has 0 saturated carbocycles. The Morgan fingerprint density at radius 1 is 1.07 bits per heavy atom. The van der Waals surface area contributed by atoms with Gasteiger partial charge in [-0.3, -0.25) is 19.7 Å². The number of fused-ring (bicyclic) bond motifs is 1. The number of hydrogen-bond acceptors (Lipinski definition) is 5. The number of hydrogen-bond donors (Lipinski definition) is 2. The minimum absolute atomic E-state index is 0.0892. The minimum atomic E-state index is -3.68. The fourth-order valence-corrected chi connectivity index (χ4v) is 5.25. The molecule has 0 aromatic heterocycles. The monoisotopic (exact) mass is 427 g/mol. The summed E-state index contributed by atoms with van der Waals surface area (Å²) in [6, 6.07) is 11.1. The molecule has 156 valence electrons. The lowest BCUT2D eigenvalue weighted by Gasteiger charge is -2.31. The standard InChI is InChI=1S/C21H21N3O5S/c1-13-4-7-16(8-5-13)30(28,29)24-10-2-3-14(12-24)19(25)22-15-6-9-17-18(11-15)21(27)23-20(17)26/h4-9,11,14H,2-3,10,12H2,1H3,(H,22,25)(H,23,26,27). The Balaban J connectivity index is 1.48. The van der Waals surface area contributed by atoms with Gasteiger partial charge in [0.2, 0.25) is 15.9 Å². The highest BCUT2D eigenvalue weighted by Gasteiger charge is 2.34. The molecule has 8 nitrogen and oxygen atoms in total. The fourth-order valence-electron chi connectivity index (χ4n) is 3.72. The second-order valence-electron chi connectivity index (χ2n) is 7.55. The number of benzene rings is 2. The third-order valence-corrected chi connectivity index (χ3v) is 7.30. The van der Waals surface area contributed by atoms with E-state index in [-0.39, 0.29) is 28.5 Å². The topological polar surface area (TPSA) is 113 Å². The second kappa shape index (κ2) is 7.66. The first kappa shape index (κ1) is 20.2. The van der Waals surface area contributed by atoms with Crippen LogP contribution < -0.4 is 10.6 Å². The van der Waals surface area contributed by atoms with Crippen molar-refractivity contribution in [2.45, 2.75) is 24.7 Å². The molecule has 0 bridgehead atoms. The quantitative estimate of drug-likeness (QED) is 0.724. The third-order valence-electron chi connectivity index (χ3n) is 5.42. The first-order chi connectivity index (χ1) is 14.3. The molecule has 4 rings (SSSR count). The number of rotatable bonds is 4. The average molecular weight is 427 g/mol. The number of nitrogens with zero attached hydrogens (tertiary/aromatic N) is 1. The predicted molar refractivity (Wildman–Crippen MR) is 110 cm³/mol. The van der Waals surface area contributed by atoms with Gasteiger partial charge in [0.05, 0.1) is 21.9 Å². The van der Waals surface area contributed by atoms with Crippen molar-refractivity contribution in [2.75, 3.05) is 18.4 Å². The van der Waals surface area contributed by atoms with Gasteiger partial charge in [-0.05, 0) is 50.1 Å². The number of amides is 3. The van der Waals surface area contributed by atoms with Crippen LogP contribution in [0.5, 0.6) is 0 Å². The van der Waals surface area contributed by atoms with Crippen LogP contribution in [0, 0.1) is 12.8 Å². The summed E-state index contributed by atoms with van der Waals surface area (Å²) < 4.78 is 27.2. The summed E-state index contributed by atoms with van der Waals surface area (Å²) in [6.07, 6.45) is 1.14. The molecule has 2 aromatic carbocycles. The Morgan fingerprint density at radius 2 is 1.77 bits per heavy atom. The number of sulfonamides is 1. The van der Waals surface area contributed by atoms with Gasteiger partial charge < -0.3 is 5.32 Å². The number of anilines is 1. The molecule has 1 unspecified atom stereocenters. The SMILES string of the molecule is Cc1ccc(S(=O)(=O)N2CCCC(C(=O)Nc3ccc4c(c3)C(=O)NC4=O)C2)cc1. The number of piperidine rings is 1. The van der Waals surface area contributed by atoms with Gasteiger partial charge in [0, 0.05) is 18.8 Å². The maximum absolute atomic E-state index is 12.9. The van der Waals surface area contributed by atoms with Gasteiger partial charge in [-0.25, -0.2) is 8.42 Å². The van der Waals surface area contributed by atoms with E-state index in [1.807, 2.05) is 6.92 Å². The highest BCUT2D eigenvalue weighted by atomic mass is 32.2. The van der Waals surface area contributed by atoms with E-state index in [4.69, 9.17) is 0 Å².